The van der Waals surface area contributed by atoms with Crippen LogP contribution in [0.1, 0.15) is 41.8 Å². The predicted octanol–water partition coefficient (Wildman–Crippen LogP) is 2.72. The summed E-state index contributed by atoms with van der Waals surface area (Å²) < 4.78 is 11.3. The zero-order valence-electron chi connectivity index (χ0n) is 18.3. The number of aromatic nitrogens is 2. The molecule has 4 heterocycles. The van der Waals surface area contributed by atoms with Crippen LogP contribution in [0.4, 0.5) is 5.82 Å². The molecule has 31 heavy (non-hydrogen) atoms. The molecule has 1 N–H and O–H groups in total. The van der Waals surface area contributed by atoms with Crippen molar-refractivity contribution in [3.8, 4) is 0 Å². The Labute approximate surface area is 187 Å². The predicted molar refractivity (Wildman–Crippen MR) is 121 cm³/mol. The van der Waals surface area contributed by atoms with Gasteiger partial charge in [0, 0.05) is 51.1 Å². The summed E-state index contributed by atoms with van der Waals surface area (Å²) in [5, 5.41) is 3.62. The number of nitrogens with one attached hydrogen (secondary N) is 1. The number of rotatable bonds is 8. The number of hydrogen-bond acceptors (Lipinski definition) is 8. The van der Waals surface area contributed by atoms with E-state index < -0.39 is 0 Å². The Morgan fingerprint density at radius 2 is 2.10 bits per heavy atom. The monoisotopic (exact) mass is 445 g/mol. The third-order valence-electron chi connectivity index (χ3n) is 5.71. The summed E-state index contributed by atoms with van der Waals surface area (Å²) in [5.41, 5.74) is 0.957. The van der Waals surface area contributed by atoms with Crippen LogP contribution < -0.4 is 10.2 Å². The molecule has 0 aromatic carbocycles. The summed E-state index contributed by atoms with van der Waals surface area (Å²) in [6.07, 6.45) is 2.17. The van der Waals surface area contributed by atoms with Gasteiger partial charge in [-0.3, -0.25) is 4.79 Å². The van der Waals surface area contributed by atoms with Crippen LogP contribution in [-0.4, -0.2) is 72.8 Å². The SMILES string of the molecule is CCN1CCN(c2cc(C)nc(SCc3ccc(C(=O)NCC4CCCO4)o3)n2)CC1. The van der Waals surface area contributed by atoms with Crippen LogP contribution in [0.2, 0.25) is 0 Å². The van der Waals surface area contributed by atoms with Crippen LogP contribution in [0, 0.1) is 6.92 Å². The lowest BCUT2D eigenvalue weighted by atomic mass is 10.2. The number of ether oxygens (including phenoxy) is 1. The topological polar surface area (TPSA) is 83.7 Å². The Morgan fingerprint density at radius 1 is 1.26 bits per heavy atom. The molecule has 0 aliphatic carbocycles. The molecule has 9 heteroatoms. The van der Waals surface area contributed by atoms with Gasteiger partial charge in [-0.05, 0) is 38.4 Å². The third kappa shape index (κ3) is 5.99. The van der Waals surface area contributed by atoms with Crippen molar-refractivity contribution in [1.82, 2.24) is 20.2 Å². The Morgan fingerprint density at radius 3 is 2.84 bits per heavy atom. The number of amides is 1. The Balaban J connectivity index is 1.31. The van der Waals surface area contributed by atoms with E-state index in [1.165, 1.54) is 11.8 Å². The molecule has 0 radical (unpaired) electrons. The van der Waals surface area contributed by atoms with Crippen LogP contribution >= 0.6 is 11.8 Å². The Bertz CT molecular complexity index is 876. The molecule has 2 aliphatic rings. The van der Waals surface area contributed by atoms with Crippen molar-refractivity contribution in [3.05, 3.63) is 35.4 Å². The molecule has 2 aromatic heterocycles. The van der Waals surface area contributed by atoms with Gasteiger partial charge in [0.1, 0.15) is 11.6 Å². The van der Waals surface area contributed by atoms with Crippen LogP contribution in [0.5, 0.6) is 0 Å². The zero-order chi connectivity index (χ0) is 21.6. The summed E-state index contributed by atoms with van der Waals surface area (Å²) >= 11 is 1.52. The molecule has 1 atom stereocenters. The molecule has 2 saturated heterocycles. The van der Waals surface area contributed by atoms with Gasteiger partial charge in [0.2, 0.25) is 0 Å². The van der Waals surface area contributed by atoms with Crippen LogP contribution in [0.15, 0.2) is 27.8 Å². The van der Waals surface area contributed by atoms with E-state index in [2.05, 4.69) is 33.1 Å². The fourth-order valence-electron chi connectivity index (χ4n) is 3.86. The highest BCUT2D eigenvalue weighted by Crippen LogP contribution is 2.24. The zero-order valence-corrected chi connectivity index (χ0v) is 19.1. The average molecular weight is 446 g/mol. The quantitative estimate of drug-likeness (QED) is 0.491. The molecule has 1 unspecified atom stereocenters. The van der Waals surface area contributed by atoms with Crippen molar-refractivity contribution >= 4 is 23.5 Å². The van der Waals surface area contributed by atoms with Gasteiger partial charge in [0.05, 0.1) is 11.9 Å². The summed E-state index contributed by atoms with van der Waals surface area (Å²) in [4.78, 5) is 26.4. The summed E-state index contributed by atoms with van der Waals surface area (Å²) in [6.45, 7) is 10.7. The van der Waals surface area contributed by atoms with Gasteiger partial charge in [-0.25, -0.2) is 9.97 Å². The van der Waals surface area contributed by atoms with E-state index in [-0.39, 0.29) is 12.0 Å². The number of piperazine rings is 1. The first-order valence-corrected chi connectivity index (χ1v) is 12.0. The van der Waals surface area contributed by atoms with Crippen molar-refractivity contribution in [2.24, 2.45) is 0 Å². The molecule has 8 nitrogen and oxygen atoms in total. The first kappa shape index (κ1) is 22.1. The number of nitrogens with zero attached hydrogens (tertiary/aromatic N) is 4. The van der Waals surface area contributed by atoms with Gasteiger partial charge < -0.3 is 24.3 Å². The normalized spacial score (nSPS) is 19.7. The average Bonchev–Trinajstić information content (AvgIpc) is 3.48. The van der Waals surface area contributed by atoms with Gasteiger partial charge in [0.25, 0.3) is 5.91 Å². The van der Waals surface area contributed by atoms with E-state index in [4.69, 9.17) is 14.1 Å². The van der Waals surface area contributed by atoms with E-state index in [9.17, 15) is 4.79 Å². The van der Waals surface area contributed by atoms with Gasteiger partial charge in [-0.2, -0.15) is 0 Å². The van der Waals surface area contributed by atoms with Crippen LogP contribution in [-0.2, 0) is 10.5 Å². The number of likely N-dealkylation sites (N-methyl/N-ethyl adjacent to an activating group) is 1. The fraction of sp³-hybridized carbons (Fsp3) is 0.591. The molecule has 2 fully saturated rings. The lowest BCUT2D eigenvalue weighted by Gasteiger charge is -2.34. The minimum Gasteiger partial charge on any atom is -0.455 e. The number of carbonyl (C=O) groups excluding carboxylic acids is 1. The largest absolute Gasteiger partial charge is 0.455 e. The van der Waals surface area contributed by atoms with Crippen LogP contribution in [0.25, 0.3) is 0 Å². The number of anilines is 1. The highest BCUT2D eigenvalue weighted by Gasteiger charge is 2.19. The number of furan rings is 1. The van der Waals surface area contributed by atoms with E-state index in [1.807, 2.05) is 13.0 Å². The summed E-state index contributed by atoms with van der Waals surface area (Å²) in [6, 6.07) is 5.61. The van der Waals surface area contributed by atoms with Crippen molar-refractivity contribution < 1.29 is 13.9 Å². The molecular formula is C22H31N5O3S. The van der Waals surface area contributed by atoms with E-state index in [0.717, 1.165) is 74.6 Å². The highest BCUT2D eigenvalue weighted by atomic mass is 32.2. The number of carbonyl (C=O) groups is 1. The molecule has 1 amide bonds. The summed E-state index contributed by atoms with van der Waals surface area (Å²) in [7, 11) is 0. The molecular weight excluding hydrogens is 414 g/mol. The number of aryl methyl sites for hydroxylation is 1. The first-order valence-electron chi connectivity index (χ1n) is 11.0. The lowest BCUT2D eigenvalue weighted by molar-refractivity contribution is 0.0834. The second-order valence-corrected chi connectivity index (χ2v) is 8.91. The number of hydrogen-bond donors (Lipinski definition) is 1. The molecule has 2 aromatic rings. The van der Waals surface area contributed by atoms with Crippen molar-refractivity contribution in [2.75, 3.05) is 50.8 Å². The Kier molecular flexibility index (Phi) is 7.47. The van der Waals surface area contributed by atoms with Gasteiger partial charge >= 0.3 is 0 Å². The molecule has 2 aliphatic heterocycles. The van der Waals surface area contributed by atoms with Gasteiger partial charge in [0.15, 0.2) is 10.9 Å². The molecule has 0 bridgehead atoms. The second-order valence-electron chi connectivity index (χ2n) is 7.97. The summed E-state index contributed by atoms with van der Waals surface area (Å²) in [5.74, 6) is 2.42. The minimum atomic E-state index is -0.202. The maximum Gasteiger partial charge on any atom is 0.287 e. The van der Waals surface area contributed by atoms with Crippen molar-refractivity contribution in [1.29, 1.82) is 0 Å². The third-order valence-corrected chi connectivity index (χ3v) is 6.58. The minimum absolute atomic E-state index is 0.117. The van der Waals surface area contributed by atoms with Crippen molar-refractivity contribution in [2.45, 2.75) is 43.7 Å². The van der Waals surface area contributed by atoms with Gasteiger partial charge in [-0.1, -0.05) is 18.7 Å². The fourth-order valence-corrected chi connectivity index (χ4v) is 4.65. The molecule has 168 valence electrons. The highest BCUT2D eigenvalue weighted by molar-refractivity contribution is 7.98. The number of thioether (sulfide) groups is 1. The van der Waals surface area contributed by atoms with E-state index >= 15 is 0 Å². The second kappa shape index (κ2) is 10.5. The molecule has 0 spiro atoms. The first-order chi connectivity index (χ1) is 15.1. The maximum absolute atomic E-state index is 12.3. The smallest absolute Gasteiger partial charge is 0.287 e. The maximum atomic E-state index is 12.3. The Hall–Kier alpha value is -2.10. The lowest BCUT2D eigenvalue weighted by Crippen LogP contribution is -2.46. The molecule has 0 saturated carbocycles. The van der Waals surface area contributed by atoms with E-state index in [0.29, 0.717) is 18.1 Å². The molecule has 4 rings (SSSR count). The van der Waals surface area contributed by atoms with Crippen LogP contribution in [0.3, 0.4) is 0 Å². The standard InChI is InChI=1S/C22H31N5O3S/c1-3-26-8-10-27(11-9-26)20-13-16(2)24-22(25-20)31-15-18-6-7-19(30-18)21(28)23-14-17-5-4-12-29-17/h6-7,13,17H,3-5,8-12,14-15H2,1-2H3,(H,23,28). The van der Waals surface area contributed by atoms with E-state index in [1.54, 1.807) is 6.07 Å². The van der Waals surface area contributed by atoms with Gasteiger partial charge in [-0.15, -0.1) is 0 Å². The van der Waals surface area contributed by atoms with Crippen molar-refractivity contribution in [3.63, 3.8) is 0 Å².